The summed E-state index contributed by atoms with van der Waals surface area (Å²) in [6.07, 6.45) is 3.73. The number of aromatic carboxylic acids is 1. The Bertz CT molecular complexity index is 510. The van der Waals surface area contributed by atoms with Crippen LogP contribution >= 0.6 is 0 Å². The number of hydrogen-bond donors (Lipinski definition) is 2. The van der Waals surface area contributed by atoms with Crippen LogP contribution in [0, 0.1) is 24.7 Å². The highest BCUT2D eigenvalue weighted by Crippen LogP contribution is 2.35. The lowest BCUT2D eigenvalue weighted by molar-refractivity contribution is 0.0697. The van der Waals surface area contributed by atoms with E-state index in [-0.39, 0.29) is 0 Å². The van der Waals surface area contributed by atoms with E-state index in [1.54, 1.807) is 12.1 Å². The molecule has 0 amide bonds. The Hall–Kier alpha value is -1.51. The molecular weight excluding hydrogens is 262 g/mol. The first-order chi connectivity index (χ1) is 9.88. The highest BCUT2D eigenvalue weighted by Gasteiger charge is 2.30. The molecule has 3 nitrogen and oxygen atoms in total. The summed E-state index contributed by atoms with van der Waals surface area (Å²) in [4.78, 5) is 11.2. The number of rotatable bonds is 4. The van der Waals surface area contributed by atoms with Gasteiger partial charge in [0.15, 0.2) is 0 Å². The van der Waals surface area contributed by atoms with Gasteiger partial charge in [-0.15, -0.1) is 0 Å². The predicted molar refractivity (Wildman–Crippen MR) is 86.9 cm³/mol. The molecule has 2 rings (SSSR count). The summed E-state index contributed by atoms with van der Waals surface area (Å²) in [5.41, 5.74) is 2.44. The lowest BCUT2D eigenvalue weighted by Gasteiger charge is -2.38. The van der Waals surface area contributed by atoms with Crippen molar-refractivity contribution < 1.29 is 9.90 Å². The Labute approximate surface area is 127 Å². The second kappa shape index (κ2) is 6.50. The second-order valence-electron chi connectivity index (χ2n) is 6.91. The molecule has 1 fully saturated rings. The maximum absolute atomic E-state index is 11.2. The monoisotopic (exact) mass is 289 g/mol. The van der Waals surface area contributed by atoms with Gasteiger partial charge in [-0.2, -0.15) is 0 Å². The van der Waals surface area contributed by atoms with Gasteiger partial charge in [-0.1, -0.05) is 33.3 Å². The summed E-state index contributed by atoms with van der Waals surface area (Å²) in [5, 5.41) is 12.8. The van der Waals surface area contributed by atoms with Crippen LogP contribution in [0.2, 0.25) is 0 Å². The van der Waals surface area contributed by atoms with Crippen molar-refractivity contribution in [1.29, 1.82) is 0 Å². The predicted octanol–water partition coefficient (Wildman–Crippen LogP) is 4.57. The quantitative estimate of drug-likeness (QED) is 0.854. The minimum atomic E-state index is -0.865. The standard InChI is InChI=1S/C18H27NO2/c1-11(2)15-8-5-12(3)9-17(15)19-16-10-14(18(20)21)7-6-13(16)4/h6-7,10-12,15,17,19H,5,8-9H2,1-4H3,(H,20,21). The first-order valence-corrected chi connectivity index (χ1v) is 7.99. The lowest BCUT2D eigenvalue weighted by Crippen LogP contribution is -2.38. The van der Waals surface area contributed by atoms with Crippen molar-refractivity contribution in [2.45, 2.75) is 53.0 Å². The summed E-state index contributed by atoms with van der Waals surface area (Å²) in [5.74, 6) is 1.18. The van der Waals surface area contributed by atoms with E-state index < -0.39 is 5.97 Å². The average Bonchev–Trinajstić information content (AvgIpc) is 2.40. The number of nitrogens with one attached hydrogen (secondary N) is 1. The van der Waals surface area contributed by atoms with Crippen molar-refractivity contribution in [2.75, 3.05) is 5.32 Å². The topological polar surface area (TPSA) is 49.3 Å². The number of carbonyl (C=O) groups is 1. The van der Waals surface area contributed by atoms with Gasteiger partial charge >= 0.3 is 5.97 Å². The van der Waals surface area contributed by atoms with Gasteiger partial charge in [0.1, 0.15) is 0 Å². The first-order valence-electron chi connectivity index (χ1n) is 7.99. The van der Waals surface area contributed by atoms with Gasteiger partial charge in [0, 0.05) is 11.7 Å². The number of hydrogen-bond acceptors (Lipinski definition) is 2. The number of anilines is 1. The van der Waals surface area contributed by atoms with E-state index >= 15 is 0 Å². The maximum atomic E-state index is 11.2. The Morgan fingerprint density at radius 3 is 2.67 bits per heavy atom. The van der Waals surface area contributed by atoms with Crippen LogP contribution in [0.25, 0.3) is 0 Å². The van der Waals surface area contributed by atoms with Gasteiger partial charge in [0.2, 0.25) is 0 Å². The summed E-state index contributed by atoms with van der Waals surface area (Å²) in [7, 11) is 0. The fourth-order valence-corrected chi connectivity index (χ4v) is 3.48. The third kappa shape index (κ3) is 3.78. The highest BCUT2D eigenvalue weighted by molar-refractivity contribution is 5.89. The molecule has 0 bridgehead atoms. The van der Waals surface area contributed by atoms with E-state index in [1.165, 1.54) is 19.3 Å². The molecule has 0 heterocycles. The molecule has 3 atom stereocenters. The molecule has 1 aliphatic rings. The van der Waals surface area contributed by atoms with E-state index in [0.717, 1.165) is 17.2 Å². The Balaban J connectivity index is 2.22. The first kappa shape index (κ1) is 15.9. The third-order valence-corrected chi connectivity index (χ3v) is 4.85. The summed E-state index contributed by atoms with van der Waals surface area (Å²) in [6, 6.07) is 5.78. The van der Waals surface area contributed by atoms with E-state index in [9.17, 15) is 4.79 Å². The molecule has 1 saturated carbocycles. The number of carboxylic acids is 1. The zero-order valence-corrected chi connectivity index (χ0v) is 13.5. The molecule has 0 aliphatic heterocycles. The summed E-state index contributed by atoms with van der Waals surface area (Å²) >= 11 is 0. The zero-order valence-electron chi connectivity index (χ0n) is 13.5. The van der Waals surface area contributed by atoms with Gasteiger partial charge in [0.05, 0.1) is 5.56 Å². The Kier molecular flexibility index (Phi) is 4.92. The lowest BCUT2D eigenvalue weighted by atomic mass is 9.74. The summed E-state index contributed by atoms with van der Waals surface area (Å²) in [6.45, 7) is 8.92. The van der Waals surface area contributed by atoms with E-state index in [0.29, 0.717) is 23.4 Å². The van der Waals surface area contributed by atoms with Crippen LogP contribution in [0.5, 0.6) is 0 Å². The molecule has 3 heteroatoms. The molecule has 0 aromatic heterocycles. The molecule has 1 aromatic carbocycles. The van der Waals surface area contributed by atoms with Gasteiger partial charge in [-0.25, -0.2) is 4.79 Å². The molecule has 116 valence electrons. The minimum Gasteiger partial charge on any atom is -0.478 e. The number of aryl methyl sites for hydroxylation is 1. The van der Waals surface area contributed by atoms with E-state index in [1.807, 2.05) is 13.0 Å². The van der Waals surface area contributed by atoms with Gasteiger partial charge in [-0.3, -0.25) is 0 Å². The van der Waals surface area contributed by atoms with E-state index in [2.05, 4.69) is 26.1 Å². The van der Waals surface area contributed by atoms with Gasteiger partial charge in [-0.05, 0) is 55.2 Å². The Morgan fingerprint density at radius 2 is 2.05 bits per heavy atom. The minimum absolute atomic E-state index is 0.355. The molecule has 1 aliphatic carbocycles. The fourth-order valence-electron chi connectivity index (χ4n) is 3.48. The molecule has 0 spiro atoms. The molecule has 0 radical (unpaired) electrons. The van der Waals surface area contributed by atoms with Crippen LogP contribution in [-0.4, -0.2) is 17.1 Å². The molecule has 3 unspecified atom stereocenters. The zero-order chi connectivity index (χ0) is 15.6. The molecule has 0 saturated heterocycles. The molecule has 21 heavy (non-hydrogen) atoms. The van der Waals surface area contributed by atoms with Crippen LogP contribution in [0.4, 0.5) is 5.69 Å². The van der Waals surface area contributed by atoms with Crippen molar-refractivity contribution in [1.82, 2.24) is 0 Å². The largest absolute Gasteiger partial charge is 0.478 e. The second-order valence-corrected chi connectivity index (χ2v) is 6.91. The Morgan fingerprint density at radius 1 is 1.33 bits per heavy atom. The van der Waals surface area contributed by atoms with E-state index in [4.69, 9.17) is 5.11 Å². The third-order valence-electron chi connectivity index (χ3n) is 4.85. The van der Waals surface area contributed by atoms with Crippen LogP contribution in [-0.2, 0) is 0 Å². The fraction of sp³-hybridized carbons (Fsp3) is 0.611. The number of benzene rings is 1. The average molecular weight is 289 g/mol. The molecular formula is C18H27NO2. The van der Waals surface area contributed by atoms with Crippen molar-refractivity contribution in [3.8, 4) is 0 Å². The van der Waals surface area contributed by atoms with Gasteiger partial charge < -0.3 is 10.4 Å². The maximum Gasteiger partial charge on any atom is 0.335 e. The van der Waals surface area contributed by atoms with Crippen molar-refractivity contribution >= 4 is 11.7 Å². The van der Waals surface area contributed by atoms with Crippen molar-refractivity contribution in [2.24, 2.45) is 17.8 Å². The van der Waals surface area contributed by atoms with Crippen LogP contribution in [0.15, 0.2) is 18.2 Å². The van der Waals surface area contributed by atoms with Crippen LogP contribution in [0.1, 0.15) is 56.0 Å². The smallest absolute Gasteiger partial charge is 0.335 e. The SMILES string of the molecule is Cc1ccc(C(=O)O)cc1NC1CC(C)CCC1C(C)C. The highest BCUT2D eigenvalue weighted by atomic mass is 16.4. The normalized spacial score (nSPS) is 25.9. The number of carboxylic acid groups (broad SMARTS) is 1. The molecule has 1 aromatic rings. The van der Waals surface area contributed by atoms with Crippen LogP contribution < -0.4 is 5.32 Å². The molecule has 2 N–H and O–H groups in total. The van der Waals surface area contributed by atoms with Gasteiger partial charge in [0.25, 0.3) is 0 Å². The summed E-state index contributed by atoms with van der Waals surface area (Å²) < 4.78 is 0. The van der Waals surface area contributed by atoms with Crippen molar-refractivity contribution in [3.05, 3.63) is 29.3 Å². The van der Waals surface area contributed by atoms with Crippen LogP contribution in [0.3, 0.4) is 0 Å². The van der Waals surface area contributed by atoms with Crippen molar-refractivity contribution in [3.63, 3.8) is 0 Å².